The predicted octanol–water partition coefficient (Wildman–Crippen LogP) is 3.86. The number of esters is 1. The number of aromatic nitrogens is 3. The fraction of sp³-hybridized carbons (Fsp3) is 0.348. The van der Waals surface area contributed by atoms with E-state index in [0.717, 1.165) is 28.2 Å². The molecular formula is C23H26N4O5. The normalized spacial score (nSPS) is 10.9. The number of nitrogens with zero attached hydrogens (tertiary/aromatic N) is 4. The standard InChI is InChI=1S/C23H26N4O5/c1-13-7-14(2)9-19(8-13)26-15(3)10-20(17(26)5)21(28)12-32-22(29)11-25-18(6)23(27(30)31)16(4)24-25/h7-10H,11-12H2,1-6H3. The number of ether oxygens (including phenoxy) is 1. The molecule has 0 aliphatic heterocycles. The summed E-state index contributed by atoms with van der Waals surface area (Å²) in [6.07, 6.45) is 0. The van der Waals surface area contributed by atoms with Gasteiger partial charge in [0.25, 0.3) is 0 Å². The number of nitro groups is 1. The van der Waals surface area contributed by atoms with Crippen LogP contribution >= 0.6 is 0 Å². The molecule has 0 spiro atoms. The molecule has 2 aromatic heterocycles. The molecule has 2 heterocycles. The van der Waals surface area contributed by atoms with Gasteiger partial charge in [0.1, 0.15) is 17.9 Å². The first-order chi connectivity index (χ1) is 15.0. The molecule has 168 valence electrons. The van der Waals surface area contributed by atoms with E-state index in [1.54, 1.807) is 6.07 Å². The lowest BCUT2D eigenvalue weighted by Crippen LogP contribution is -2.20. The van der Waals surface area contributed by atoms with E-state index in [0.29, 0.717) is 5.56 Å². The number of carbonyl (C=O) groups is 2. The van der Waals surface area contributed by atoms with E-state index in [1.165, 1.54) is 18.5 Å². The smallest absolute Gasteiger partial charge is 0.328 e. The Hall–Kier alpha value is -3.75. The summed E-state index contributed by atoms with van der Waals surface area (Å²) in [4.78, 5) is 35.6. The third kappa shape index (κ3) is 4.46. The van der Waals surface area contributed by atoms with Gasteiger partial charge in [-0.1, -0.05) is 6.07 Å². The Labute approximate surface area is 185 Å². The van der Waals surface area contributed by atoms with Crippen molar-refractivity contribution in [3.63, 3.8) is 0 Å². The molecule has 0 saturated carbocycles. The van der Waals surface area contributed by atoms with Gasteiger partial charge in [0, 0.05) is 22.6 Å². The molecule has 9 heteroatoms. The van der Waals surface area contributed by atoms with Crippen LogP contribution in [0.2, 0.25) is 0 Å². The molecule has 1 aromatic carbocycles. The van der Waals surface area contributed by atoms with Crippen LogP contribution in [0.1, 0.15) is 44.3 Å². The van der Waals surface area contributed by atoms with Crippen LogP contribution in [0.3, 0.4) is 0 Å². The van der Waals surface area contributed by atoms with Crippen LogP contribution in [-0.4, -0.2) is 37.6 Å². The van der Waals surface area contributed by atoms with Crippen LogP contribution in [-0.2, 0) is 16.1 Å². The Bertz CT molecular complexity index is 1220. The summed E-state index contributed by atoms with van der Waals surface area (Å²) in [6.45, 7) is 10.1. The fourth-order valence-corrected chi connectivity index (χ4v) is 4.02. The molecule has 0 unspecified atom stereocenters. The number of aryl methyl sites for hydroxylation is 4. The molecule has 0 bridgehead atoms. The highest BCUT2D eigenvalue weighted by molar-refractivity contribution is 5.99. The average molecular weight is 438 g/mol. The fourth-order valence-electron chi connectivity index (χ4n) is 4.02. The van der Waals surface area contributed by atoms with Gasteiger partial charge in [0.2, 0.25) is 5.78 Å². The predicted molar refractivity (Wildman–Crippen MR) is 118 cm³/mol. The molecule has 0 aliphatic carbocycles. The SMILES string of the molecule is Cc1cc(C)cc(-n2c(C)cc(C(=O)COC(=O)Cn3nc(C)c([N+](=O)[O-])c3C)c2C)c1. The highest BCUT2D eigenvalue weighted by Gasteiger charge is 2.24. The van der Waals surface area contributed by atoms with Gasteiger partial charge in [0.15, 0.2) is 6.61 Å². The third-order valence-electron chi connectivity index (χ3n) is 5.37. The summed E-state index contributed by atoms with van der Waals surface area (Å²) in [5.41, 5.74) is 5.71. The second-order valence-corrected chi connectivity index (χ2v) is 7.98. The number of rotatable bonds is 7. The summed E-state index contributed by atoms with van der Waals surface area (Å²) < 4.78 is 8.36. The summed E-state index contributed by atoms with van der Waals surface area (Å²) in [5, 5.41) is 15.1. The summed E-state index contributed by atoms with van der Waals surface area (Å²) in [6, 6.07) is 7.97. The van der Waals surface area contributed by atoms with Crippen molar-refractivity contribution >= 4 is 17.4 Å². The Morgan fingerprint density at radius 2 is 1.62 bits per heavy atom. The lowest BCUT2D eigenvalue weighted by atomic mass is 10.1. The third-order valence-corrected chi connectivity index (χ3v) is 5.37. The minimum Gasteiger partial charge on any atom is -0.456 e. The van der Waals surface area contributed by atoms with E-state index in [-0.39, 0.29) is 29.4 Å². The highest BCUT2D eigenvalue weighted by Crippen LogP contribution is 2.24. The van der Waals surface area contributed by atoms with Crippen LogP contribution in [0.4, 0.5) is 5.69 Å². The molecule has 0 saturated heterocycles. The van der Waals surface area contributed by atoms with Crippen LogP contribution in [0, 0.1) is 51.7 Å². The molecule has 0 radical (unpaired) electrons. The van der Waals surface area contributed by atoms with Crippen molar-refractivity contribution in [2.45, 2.75) is 48.1 Å². The zero-order valence-electron chi connectivity index (χ0n) is 19.1. The van der Waals surface area contributed by atoms with Gasteiger partial charge in [-0.25, -0.2) is 0 Å². The van der Waals surface area contributed by atoms with Crippen LogP contribution in [0.25, 0.3) is 5.69 Å². The first-order valence-corrected chi connectivity index (χ1v) is 10.1. The number of benzene rings is 1. The van der Waals surface area contributed by atoms with Crippen LogP contribution < -0.4 is 0 Å². The number of Topliss-reactive ketones (excluding diaryl/α,β-unsaturated/α-hetero) is 1. The van der Waals surface area contributed by atoms with E-state index < -0.39 is 17.5 Å². The molecule has 3 rings (SSSR count). The van der Waals surface area contributed by atoms with Crippen molar-refractivity contribution in [1.82, 2.24) is 14.3 Å². The van der Waals surface area contributed by atoms with Crippen molar-refractivity contribution < 1.29 is 19.2 Å². The lowest BCUT2D eigenvalue weighted by Gasteiger charge is -2.12. The van der Waals surface area contributed by atoms with Gasteiger partial charge in [-0.05, 0) is 70.9 Å². The van der Waals surface area contributed by atoms with Crippen LogP contribution in [0.15, 0.2) is 24.3 Å². The van der Waals surface area contributed by atoms with E-state index >= 15 is 0 Å². The molecule has 3 aromatic rings. The number of ketones is 1. The Balaban J connectivity index is 1.73. The first-order valence-electron chi connectivity index (χ1n) is 10.1. The van der Waals surface area contributed by atoms with Gasteiger partial charge in [-0.2, -0.15) is 5.10 Å². The van der Waals surface area contributed by atoms with Gasteiger partial charge in [0.05, 0.1) is 4.92 Å². The average Bonchev–Trinajstić information content (AvgIpc) is 3.13. The van der Waals surface area contributed by atoms with Crippen molar-refractivity contribution in [3.05, 3.63) is 73.8 Å². The van der Waals surface area contributed by atoms with E-state index in [9.17, 15) is 19.7 Å². The minimum atomic E-state index is -0.693. The Morgan fingerprint density at radius 1 is 1.00 bits per heavy atom. The second-order valence-electron chi connectivity index (χ2n) is 7.98. The van der Waals surface area contributed by atoms with Gasteiger partial charge in [-0.15, -0.1) is 0 Å². The molecule has 0 atom stereocenters. The number of hydrogen-bond donors (Lipinski definition) is 0. The molecule has 0 amide bonds. The lowest BCUT2D eigenvalue weighted by molar-refractivity contribution is -0.386. The van der Waals surface area contributed by atoms with Crippen LogP contribution in [0.5, 0.6) is 0 Å². The van der Waals surface area contributed by atoms with E-state index in [1.807, 2.05) is 32.3 Å². The zero-order valence-corrected chi connectivity index (χ0v) is 19.1. The number of carbonyl (C=O) groups excluding carboxylic acids is 2. The summed E-state index contributed by atoms with van der Waals surface area (Å²) in [7, 11) is 0. The molecule has 0 N–H and O–H groups in total. The van der Waals surface area contributed by atoms with Crippen molar-refractivity contribution in [2.24, 2.45) is 0 Å². The van der Waals surface area contributed by atoms with Gasteiger partial charge >= 0.3 is 11.7 Å². The largest absolute Gasteiger partial charge is 0.456 e. The number of hydrogen-bond acceptors (Lipinski definition) is 6. The molecule has 0 aliphatic rings. The second kappa shape index (κ2) is 8.78. The summed E-state index contributed by atoms with van der Waals surface area (Å²) >= 11 is 0. The van der Waals surface area contributed by atoms with Crippen molar-refractivity contribution in [2.75, 3.05) is 6.61 Å². The topological polar surface area (TPSA) is 109 Å². The maximum Gasteiger partial charge on any atom is 0.328 e. The van der Waals surface area contributed by atoms with Gasteiger partial charge < -0.3 is 9.30 Å². The maximum atomic E-state index is 12.8. The maximum absolute atomic E-state index is 12.8. The Morgan fingerprint density at radius 3 is 2.19 bits per heavy atom. The minimum absolute atomic E-state index is 0.132. The highest BCUT2D eigenvalue weighted by atomic mass is 16.6. The monoisotopic (exact) mass is 438 g/mol. The van der Waals surface area contributed by atoms with Crippen molar-refractivity contribution in [3.8, 4) is 5.69 Å². The summed E-state index contributed by atoms with van der Waals surface area (Å²) in [5.74, 6) is -1.01. The van der Waals surface area contributed by atoms with E-state index in [2.05, 4.69) is 23.3 Å². The molecule has 32 heavy (non-hydrogen) atoms. The van der Waals surface area contributed by atoms with Crippen molar-refractivity contribution in [1.29, 1.82) is 0 Å². The molecule has 0 fully saturated rings. The quantitative estimate of drug-likeness (QED) is 0.240. The Kier molecular flexibility index (Phi) is 6.29. The molecule has 9 nitrogen and oxygen atoms in total. The zero-order chi connectivity index (χ0) is 23.7. The first kappa shape index (κ1) is 22.9. The van der Waals surface area contributed by atoms with E-state index in [4.69, 9.17) is 4.74 Å². The molecular weight excluding hydrogens is 412 g/mol. The van der Waals surface area contributed by atoms with Gasteiger partial charge in [-0.3, -0.25) is 24.4 Å².